The summed E-state index contributed by atoms with van der Waals surface area (Å²) in [5.74, 6) is 2.03. The smallest absolute Gasteiger partial charge is 0.333 e. The molecule has 0 saturated heterocycles. The Kier molecular flexibility index (Phi) is 11.0. The summed E-state index contributed by atoms with van der Waals surface area (Å²) < 4.78 is 22.3. The van der Waals surface area contributed by atoms with Crippen molar-refractivity contribution in [1.82, 2.24) is 0 Å². The number of benzene rings is 5. The highest BCUT2D eigenvalue weighted by Crippen LogP contribution is 2.41. The highest BCUT2D eigenvalue weighted by Gasteiger charge is 2.31. The molecule has 0 aliphatic rings. The van der Waals surface area contributed by atoms with E-state index >= 15 is 0 Å². The maximum absolute atomic E-state index is 12.9. The van der Waals surface area contributed by atoms with Crippen LogP contribution in [0.2, 0.25) is 0 Å². The molecular formula is C42H40O7. The number of esters is 1. The lowest BCUT2D eigenvalue weighted by atomic mass is 9.71. The Morgan fingerprint density at radius 2 is 1.10 bits per heavy atom. The van der Waals surface area contributed by atoms with Crippen molar-refractivity contribution in [2.75, 3.05) is 20.3 Å². The number of hydrogen-bond acceptors (Lipinski definition) is 7. The van der Waals surface area contributed by atoms with Crippen LogP contribution >= 0.6 is 0 Å². The number of ketones is 1. The number of methoxy groups -OCH3 is 1. The van der Waals surface area contributed by atoms with Gasteiger partial charge in [-0.15, -0.1) is 0 Å². The molecule has 5 aromatic rings. The predicted octanol–water partition coefficient (Wildman–Crippen LogP) is 8.24. The molecule has 0 aromatic heterocycles. The van der Waals surface area contributed by atoms with Gasteiger partial charge in [-0.1, -0.05) is 72.8 Å². The van der Waals surface area contributed by atoms with Gasteiger partial charge in [-0.3, -0.25) is 4.79 Å². The van der Waals surface area contributed by atoms with Gasteiger partial charge in [0, 0.05) is 22.1 Å². The van der Waals surface area contributed by atoms with Crippen LogP contribution in [0.25, 0.3) is 0 Å². The lowest BCUT2D eigenvalue weighted by Crippen LogP contribution is -2.26. The molecule has 0 aliphatic carbocycles. The predicted molar refractivity (Wildman–Crippen MR) is 190 cm³/mol. The van der Waals surface area contributed by atoms with E-state index in [0.717, 1.165) is 28.0 Å². The van der Waals surface area contributed by atoms with Gasteiger partial charge < -0.3 is 24.1 Å². The van der Waals surface area contributed by atoms with Gasteiger partial charge in [0.2, 0.25) is 0 Å². The molecule has 0 spiro atoms. The van der Waals surface area contributed by atoms with Crippen LogP contribution in [0.15, 0.2) is 133 Å². The molecule has 250 valence electrons. The third-order valence-electron chi connectivity index (χ3n) is 8.39. The highest BCUT2D eigenvalue weighted by atomic mass is 16.5. The molecule has 0 radical (unpaired) electrons. The topological polar surface area (TPSA) is 91.3 Å². The van der Waals surface area contributed by atoms with Crippen molar-refractivity contribution in [2.24, 2.45) is 0 Å². The van der Waals surface area contributed by atoms with Crippen molar-refractivity contribution in [2.45, 2.75) is 32.3 Å². The lowest BCUT2D eigenvalue weighted by molar-refractivity contribution is -0.142. The minimum absolute atomic E-state index is 0.0347. The molecule has 7 nitrogen and oxygen atoms in total. The summed E-state index contributed by atoms with van der Waals surface area (Å²) in [5, 5.41) is 10.2. The van der Waals surface area contributed by atoms with Gasteiger partial charge in [-0.2, -0.15) is 0 Å². The zero-order chi connectivity index (χ0) is 35.0. The number of carbonyl (C=O) groups excluding carboxylic acids is 2. The SMILES string of the molecule is C=C(C)C(=O)OCC(O)COc1ccc(C(C)(c2ccc(OC)cc2)c2ccc(Oc3ccc(C(=O)c4ccc(C)cc4)cc3)cc2)cc1. The van der Waals surface area contributed by atoms with Crippen LogP contribution in [0.1, 0.15) is 52.0 Å². The van der Waals surface area contributed by atoms with Crippen molar-refractivity contribution < 1.29 is 33.6 Å². The van der Waals surface area contributed by atoms with E-state index in [1.807, 2.05) is 91.9 Å². The quantitative estimate of drug-likeness (QED) is 0.0557. The zero-order valence-electron chi connectivity index (χ0n) is 28.1. The largest absolute Gasteiger partial charge is 0.497 e. The monoisotopic (exact) mass is 656 g/mol. The molecule has 0 fully saturated rings. The Morgan fingerprint density at radius 3 is 1.57 bits per heavy atom. The molecule has 0 aliphatic heterocycles. The van der Waals surface area contributed by atoms with Crippen LogP contribution in [0.3, 0.4) is 0 Å². The van der Waals surface area contributed by atoms with Gasteiger partial charge in [0.25, 0.3) is 0 Å². The molecule has 2 atom stereocenters. The van der Waals surface area contributed by atoms with E-state index in [0.29, 0.717) is 28.4 Å². The first-order valence-corrected chi connectivity index (χ1v) is 15.9. The van der Waals surface area contributed by atoms with Crippen molar-refractivity contribution in [3.63, 3.8) is 0 Å². The Balaban J connectivity index is 1.32. The summed E-state index contributed by atoms with van der Waals surface area (Å²) in [5.41, 5.74) is 5.17. The average Bonchev–Trinajstić information content (AvgIpc) is 3.13. The van der Waals surface area contributed by atoms with Crippen molar-refractivity contribution in [1.29, 1.82) is 0 Å². The molecule has 0 bridgehead atoms. The third-order valence-corrected chi connectivity index (χ3v) is 8.39. The van der Waals surface area contributed by atoms with E-state index in [1.165, 1.54) is 0 Å². The molecule has 0 heterocycles. The molecule has 2 unspecified atom stereocenters. The molecule has 5 aromatic carbocycles. The van der Waals surface area contributed by atoms with E-state index in [4.69, 9.17) is 18.9 Å². The number of carbonyl (C=O) groups is 2. The second-order valence-corrected chi connectivity index (χ2v) is 12.1. The van der Waals surface area contributed by atoms with Crippen molar-refractivity contribution in [3.8, 4) is 23.0 Å². The van der Waals surface area contributed by atoms with Crippen LogP contribution in [0.5, 0.6) is 23.0 Å². The second kappa shape index (κ2) is 15.5. The van der Waals surface area contributed by atoms with Gasteiger partial charge >= 0.3 is 5.97 Å². The van der Waals surface area contributed by atoms with Crippen LogP contribution in [-0.2, 0) is 14.9 Å². The third kappa shape index (κ3) is 8.44. The number of rotatable bonds is 14. The van der Waals surface area contributed by atoms with Gasteiger partial charge in [-0.05, 0) is 98.1 Å². The summed E-state index contributed by atoms with van der Waals surface area (Å²) in [7, 11) is 1.64. The minimum atomic E-state index is -0.979. The Hall–Kier alpha value is -5.66. The van der Waals surface area contributed by atoms with Gasteiger partial charge in [-0.25, -0.2) is 4.79 Å². The fourth-order valence-corrected chi connectivity index (χ4v) is 5.38. The maximum Gasteiger partial charge on any atom is 0.333 e. The van der Waals surface area contributed by atoms with Crippen molar-refractivity contribution >= 4 is 11.8 Å². The van der Waals surface area contributed by atoms with Crippen LogP contribution in [-0.4, -0.2) is 43.3 Å². The first-order valence-electron chi connectivity index (χ1n) is 15.9. The van der Waals surface area contributed by atoms with E-state index < -0.39 is 17.5 Å². The summed E-state index contributed by atoms with van der Waals surface area (Å²) in [6.07, 6.45) is -0.979. The average molecular weight is 657 g/mol. The summed E-state index contributed by atoms with van der Waals surface area (Å²) in [4.78, 5) is 24.5. The van der Waals surface area contributed by atoms with Crippen LogP contribution in [0.4, 0.5) is 0 Å². The Labute approximate surface area is 287 Å². The maximum atomic E-state index is 12.9. The standard InChI is InChI=1S/C42H40O7/c1-28(2)41(45)48-27-35(43)26-47-37-22-14-33(15-23-37)42(4,32-12-20-36(46-5)21-13-32)34-16-24-39(25-17-34)49-38-18-10-31(11-19-38)40(44)30-8-6-29(3)7-9-30/h6-25,35,43H,1,26-27H2,2-5H3. The number of hydrogen-bond donors (Lipinski definition) is 1. The van der Waals surface area contributed by atoms with Crippen LogP contribution in [0, 0.1) is 6.92 Å². The first kappa shape index (κ1) is 34.7. The molecule has 0 amide bonds. The molecule has 1 N–H and O–H groups in total. The fourth-order valence-electron chi connectivity index (χ4n) is 5.38. The highest BCUT2D eigenvalue weighted by molar-refractivity contribution is 6.09. The first-order chi connectivity index (χ1) is 23.6. The molecule has 0 saturated carbocycles. The summed E-state index contributed by atoms with van der Waals surface area (Å²) >= 11 is 0. The van der Waals surface area contributed by atoms with E-state index in [-0.39, 0.29) is 24.6 Å². The number of aliphatic hydroxyl groups is 1. The van der Waals surface area contributed by atoms with E-state index in [1.54, 1.807) is 38.3 Å². The molecule has 49 heavy (non-hydrogen) atoms. The molecular weight excluding hydrogens is 616 g/mol. The lowest BCUT2D eigenvalue weighted by Gasteiger charge is -2.32. The second-order valence-electron chi connectivity index (χ2n) is 12.1. The molecule has 7 heteroatoms. The normalized spacial score (nSPS) is 12.7. The Morgan fingerprint density at radius 1 is 0.673 bits per heavy atom. The van der Waals surface area contributed by atoms with Gasteiger partial charge in [0.1, 0.15) is 42.3 Å². The zero-order valence-corrected chi connectivity index (χ0v) is 28.1. The summed E-state index contributed by atoms with van der Waals surface area (Å²) in [6, 6.07) is 38.3. The minimum Gasteiger partial charge on any atom is -0.497 e. The summed E-state index contributed by atoms with van der Waals surface area (Å²) in [6.45, 7) is 9.02. The van der Waals surface area contributed by atoms with Gasteiger partial charge in [0.15, 0.2) is 5.78 Å². The van der Waals surface area contributed by atoms with Gasteiger partial charge in [0.05, 0.1) is 7.11 Å². The van der Waals surface area contributed by atoms with E-state index in [9.17, 15) is 14.7 Å². The number of aliphatic hydroxyl groups excluding tert-OH is 1. The Bertz CT molecular complexity index is 1880. The fraction of sp³-hybridized carbons (Fsp3) is 0.190. The van der Waals surface area contributed by atoms with Crippen LogP contribution < -0.4 is 14.2 Å². The van der Waals surface area contributed by atoms with E-state index in [2.05, 4.69) is 25.6 Å². The number of ether oxygens (including phenoxy) is 4. The molecule has 5 rings (SSSR count). The number of aryl methyl sites for hydroxylation is 1. The van der Waals surface area contributed by atoms with Crippen molar-refractivity contribution in [3.05, 3.63) is 167 Å².